The predicted octanol–water partition coefficient (Wildman–Crippen LogP) is 2.18. The highest BCUT2D eigenvalue weighted by Crippen LogP contribution is 2.23. The molecule has 0 spiro atoms. The lowest BCUT2D eigenvalue weighted by Crippen LogP contribution is -2.53. The molecule has 0 aliphatic carbocycles. The van der Waals surface area contributed by atoms with Crippen molar-refractivity contribution in [1.82, 2.24) is 9.80 Å². The number of carboxylic acid groups (broad SMARTS) is 1. The minimum atomic E-state index is -0.798. The van der Waals surface area contributed by atoms with Gasteiger partial charge in [0.1, 0.15) is 0 Å². The third-order valence-electron chi connectivity index (χ3n) is 4.09. The summed E-state index contributed by atoms with van der Waals surface area (Å²) < 4.78 is 5.14. The number of rotatable bonds is 7. The number of ether oxygens (including phenoxy) is 1. The summed E-state index contributed by atoms with van der Waals surface area (Å²) >= 11 is 0. The van der Waals surface area contributed by atoms with E-state index in [2.05, 4.69) is 0 Å². The largest absolute Gasteiger partial charge is 0.481 e. The van der Waals surface area contributed by atoms with E-state index in [0.717, 1.165) is 25.8 Å². The lowest BCUT2D eigenvalue weighted by molar-refractivity contribution is -0.137. The quantitative estimate of drug-likeness (QED) is 0.782. The number of piperidine rings is 1. The van der Waals surface area contributed by atoms with Gasteiger partial charge in [0.15, 0.2) is 0 Å². The standard InChI is InChI=1S/C15H28N2O4/c1-4-16(12(2)11-21-3)15(20)17-10-6-5-7-13(17)8-9-14(18)19/h12-13H,4-11H2,1-3H3,(H,18,19). The molecule has 2 unspecified atom stereocenters. The molecule has 21 heavy (non-hydrogen) atoms. The molecule has 1 aliphatic rings. The van der Waals surface area contributed by atoms with Crippen LogP contribution in [-0.4, -0.2) is 65.8 Å². The topological polar surface area (TPSA) is 70.1 Å². The van der Waals surface area contributed by atoms with Crippen molar-refractivity contribution in [2.45, 2.75) is 58.0 Å². The third-order valence-corrected chi connectivity index (χ3v) is 4.09. The van der Waals surface area contributed by atoms with Crippen molar-refractivity contribution in [1.29, 1.82) is 0 Å². The van der Waals surface area contributed by atoms with Crippen LogP contribution in [0.2, 0.25) is 0 Å². The number of likely N-dealkylation sites (tertiary alicyclic amines) is 1. The van der Waals surface area contributed by atoms with E-state index in [9.17, 15) is 9.59 Å². The molecule has 2 atom stereocenters. The fraction of sp³-hybridized carbons (Fsp3) is 0.867. The Labute approximate surface area is 127 Å². The van der Waals surface area contributed by atoms with Crippen LogP contribution < -0.4 is 0 Å². The van der Waals surface area contributed by atoms with E-state index < -0.39 is 5.97 Å². The number of urea groups is 1. The Hall–Kier alpha value is -1.30. The number of aliphatic carboxylic acids is 1. The number of likely N-dealkylation sites (N-methyl/N-ethyl adjacent to an activating group) is 1. The average Bonchev–Trinajstić information content (AvgIpc) is 2.46. The molecule has 0 radical (unpaired) electrons. The van der Waals surface area contributed by atoms with Crippen molar-refractivity contribution < 1.29 is 19.4 Å². The van der Waals surface area contributed by atoms with Gasteiger partial charge in [-0.25, -0.2) is 4.79 Å². The average molecular weight is 300 g/mol. The molecule has 0 bridgehead atoms. The van der Waals surface area contributed by atoms with Crippen molar-refractivity contribution >= 4 is 12.0 Å². The highest BCUT2D eigenvalue weighted by Gasteiger charge is 2.31. The first-order valence-electron chi connectivity index (χ1n) is 7.79. The number of hydrogen-bond donors (Lipinski definition) is 1. The highest BCUT2D eigenvalue weighted by molar-refractivity contribution is 5.75. The Morgan fingerprint density at radius 3 is 2.71 bits per heavy atom. The fourth-order valence-electron chi connectivity index (χ4n) is 2.97. The molecule has 0 saturated carbocycles. The molecule has 6 heteroatoms. The lowest BCUT2D eigenvalue weighted by Gasteiger charge is -2.40. The van der Waals surface area contributed by atoms with Gasteiger partial charge >= 0.3 is 12.0 Å². The molecule has 2 amide bonds. The number of methoxy groups -OCH3 is 1. The molecule has 0 aromatic rings. The minimum absolute atomic E-state index is 0.0112. The van der Waals surface area contributed by atoms with E-state index in [1.165, 1.54) is 0 Å². The van der Waals surface area contributed by atoms with Gasteiger partial charge in [0.25, 0.3) is 0 Å². The highest BCUT2D eigenvalue weighted by atomic mass is 16.5. The van der Waals surface area contributed by atoms with E-state index >= 15 is 0 Å². The normalized spacial score (nSPS) is 20.1. The van der Waals surface area contributed by atoms with Crippen LogP contribution in [0.15, 0.2) is 0 Å². The first kappa shape index (κ1) is 17.8. The molecule has 1 fully saturated rings. The molecule has 1 rings (SSSR count). The number of amides is 2. The molecule has 1 aliphatic heterocycles. The first-order chi connectivity index (χ1) is 10.0. The van der Waals surface area contributed by atoms with Crippen LogP contribution in [0.25, 0.3) is 0 Å². The molecular weight excluding hydrogens is 272 g/mol. The summed E-state index contributed by atoms with van der Waals surface area (Å²) in [6.45, 7) is 5.79. The van der Waals surface area contributed by atoms with Crippen LogP contribution in [-0.2, 0) is 9.53 Å². The number of carbonyl (C=O) groups is 2. The summed E-state index contributed by atoms with van der Waals surface area (Å²) in [7, 11) is 1.63. The lowest BCUT2D eigenvalue weighted by atomic mass is 9.98. The van der Waals surface area contributed by atoms with Gasteiger partial charge in [0.2, 0.25) is 0 Å². The van der Waals surface area contributed by atoms with Crippen molar-refractivity contribution in [3.63, 3.8) is 0 Å². The van der Waals surface area contributed by atoms with Crippen LogP contribution in [0.5, 0.6) is 0 Å². The van der Waals surface area contributed by atoms with E-state index in [-0.39, 0.29) is 24.5 Å². The maximum absolute atomic E-state index is 12.7. The van der Waals surface area contributed by atoms with Gasteiger partial charge in [-0.15, -0.1) is 0 Å². The zero-order chi connectivity index (χ0) is 15.8. The zero-order valence-corrected chi connectivity index (χ0v) is 13.4. The van der Waals surface area contributed by atoms with Crippen LogP contribution in [0, 0.1) is 0 Å². The molecule has 6 nitrogen and oxygen atoms in total. The van der Waals surface area contributed by atoms with Crippen LogP contribution in [0.1, 0.15) is 46.0 Å². The van der Waals surface area contributed by atoms with Gasteiger partial charge < -0.3 is 19.6 Å². The second-order valence-electron chi connectivity index (χ2n) is 5.65. The van der Waals surface area contributed by atoms with Crippen LogP contribution >= 0.6 is 0 Å². The van der Waals surface area contributed by atoms with E-state index in [1.54, 1.807) is 7.11 Å². The Morgan fingerprint density at radius 1 is 1.43 bits per heavy atom. The van der Waals surface area contributed by atoms with Gasteiger partial charge in [-0.1, -0.05) is 0 Å². The van der Waals surface area contributed by atoms with Gasteiger partial charge in [0, 0.05) is 32.7 Å². The Kier molecular flexibility index (Phi) is 7.50. The third kappa shape index (κ3) is 5.19. The van der Waals surface area contributed by atoms with Gasteiger partial charge in [-0.3, -0.25) is 4.79 Å². The summed E-state index contributed by atoms with van der Waals surface area (Å²) in [6.07, 6.45) is 3.61. The molecule has 122 valence electrons. The number of carboxylic acids is 1. The summed E-state index contributed by atoms with van der Waals surface area (Å²) in [5.74, 6) is -0.798. The smallest absolute Gasteiger partial charge is 0.320 e. The SMILES string of the molecule is CCN(C(=O)N1CCCCC1CCC(=O)O)C(C)COC. The minimum Gasteiger partial charge on any atom is -0.481 e. The Bertz CT molecular complexity index is 349. The summed E-state index contributed by atoms with van der Waals surface area (Å²) in [4.78, 5) is 27.2. The molecule has 1 N–H and O–H groups in total. The summed E-state index contributed by atoms with van der Waals surface area (Å²) in [5.41, 5.74) is 0. The molecule has 0 aromatic carbocycles. The fourth-order valence-corrected chi connectivity index (χ4v) is 2.97. The Morgan fingerprint density at radius 2 is 2.14 bits per heavy atom. The van der Waals surface area contributed by atoms with Gasteiger partial charge in [0.05, 0.1) is 12.6 Å². The first-order valence-corrected chi connectivity index (χ1v) is 7.79. The second kappa shape index (κ2) is 8.87. The van der Waals surface area contributed by atoms with Crippen LogP contribution in [0.3, 0.4) is 0 Å². The van der Waals surface area contributed by atoms with Gasteiger partial charge in [-0.05, 0) is 39.5 Å². The number of nitrogens with zero attached hydrogens (tertiary/aromatic N) is 2. The van der Waals surface area contributed by atoms with Gasteiger partial charge in [-0.2, -0.15) is 0 Å². The van der Waals surface area contributed by atoms with E-state index in [4.69, 9.17) is 9.84 Å². The monoisotopic (exact) mass is 300 g/mol. The van der Waals surface area contributed by atoms with Crippen molar-refractivity contribution in [2.24, 2.45) is 0 Å². The maximum atomic E-state index is 12.7. The molecule has 1 saturated heterocycles. The van der Waals surface area contributed by atoms with Crippen molar-refractivity contribution in [3.8, 4) is 0 Å². The van der Waals surface area contributed by atoms with E-state index in [1.807, 2.05) is 23.6 Å². The van der Waals surface area contributed by atoms with E-state index in [0.29, 0.717) is 19.6 Å². The van der Waals surface area contributed by atoms with Crippen molar-refractivity contribution in [2.75, 3.05) is 26.8 Å². The Balaban J connectivity index is 2.72. The molecular formula is C15H28N2O4. The molecule has 0 aromatic heterocycles. The van der Waals surface area contributed by atoms with Crippen molar-refractivity contribution in [3.05, 3.63) is 0 Å². The summed E-state index contributed by atoms with van der Waals surface area (Å²) in [5, 5.41) is 8.85. The summed E-state index contributed by atoms with van der Waals surface area (Å²) in [6, 6.07) is 0.0813. The number of carbonyl (C=O) groups excluding carboxylic acids is 1. The molecule has 1 heterocycles. The maximum Gasteiger partial charge on any atom is 0.320 e. The number of hydrogen-bond acceptors (Lipinski definition) is 3. The second-order valence-corrected chi connectivity index (χ2v) is 5.65. The van der Waals surface area contributed by atoms with Crippen LogP contribution in [0.4, 0.5) is 4.79 Å². The predicted molar refractivity (Wildman–Crippen MR) is 80.3 cm³/mol. The zero-order valence-electron chi connectivity index (χ0n) is 13.4.